The van der Waals surface area contributed by atoms with Crippen LogP contribution in [0.3, 0.4) is 0 Å². The number of benzene rings is 2. The van der Waals surface area contributed by atoms with Crippen molar-refractivity contribution in [2.45, 2.75) is 59.0 Å². The maximum atomic E-state index is 14.2. The molecular weight excluding hydrogens is 521 g/mol. The molecule has 2 amide bonds. The second-order valence-electron chi connectivity index (χ2n) is 12.1. The van der Waals surface area contributed by atoms with Crippen molar-refractivity contribution in [1.29, 1.82) is 0 Å². The molecule has 2 aliphatic heterocycles. The Labute approximate surface area is 241 Å². The molecule has 5 rings (SSSR count). The van der Waals surface area contributed by atoms with Gasteiger partial charge in [0.2, 0.25) is 0 Å². The lowest BCUT2D eigenvalue weighted by Gasteiger charge is -2.37. The number of rotatable bonds is 4. The van der Waals surface area contributed by atoms with Gasteiger partial charge in [-0.1, -0.05) is 18.2 Å². The molecule has 2 saturated heterocycles. The summed E-state index contributed by atoms with van der Waals surface area (Å²) in [6.45, 7) is 13.6. The van der Waals surface area contributed by atoms with Crippen LogP contribution in [0.4, 0.5) is 14.9 Å². The van der Waals surface area contributed by atoms with Crippen LogP contribution in [0.15, 0.2) is 48.7 Å². The standard InChI is InChI=1S/C32H40FN5O3/c1-22-8-6-11-28(23(22)2)35-16-18-36(19-17-35)30(39)27-21-34-38(26-10-7-9-25(33)20-26)29(27)24-12-14-37(15-13-24)31(40)41-32(3,4)5/h6-11,20-21,24H,12-19H2,1-5H3. The Bertz CT molecular complexity index is 1410. The Kier molecular flexibility index (Phi) is 8.07. The Morgan fingerprint density at radius 3 is 2.27 bits per heavy atom. The third-order valence-corrected chi connectivity index (χ3v) is 8.11. The molecule has 0 unspecified atom stereocenters. The van der Waals surface area contributed by atoms with Gasteiger partial charge < -0.3 is 19.4 Å². The van der Waals surface area contributed by atoms with E-state index in [1.807, 2.05) is 25.7 Å². The summed E-state index contributed by atoms with van der Waals surface area (Å²) in [5, 5.41) is 4.59. The summed E-state index contributed by atoms with van der Waals surface area (Å²) < 4.78 is 21.5. The van der Waals surface area contributed by atoms with Crippen molar-refractivity contribution in [3.05, 3.63) is 76.9 Å². The minimum atomic E-state index is -0.564. The van der Waals surface area contributed by atoms with E-state index < -0.39 is 5.60 Å². The van der Waals surface area contributed by atoms with Crippen molar-refractivity contribution in [2.75, 3.05) is 44.2 Å². The molecule has 218 valence electrons. The minimum absolute atomic E-state index is 0.0189. The predicted octanol–water partition coefficient (Wildman–Crippen LogP) is 5.71. The largest absolute Gasteiger partial charge is 0.444 e. The molecule has 1 aromatic heterocycles. The van der Waals surface area contributed by atoms with Crippen molar-refractivity contribution >= 4 is 17.7 Å². The van der Waals surface area contributed by atoms with E-state index in [9.17, 15) is 14.0 Å². The van der Waals surface area contributed by atoms with Crippen LogP contribution in [0.2, 0.25) is 0 Å². The molecule has 0 radical (unpaired) electrons. The number of anilines is 1. The van der Waals surface area contributed by atoms with Crippen LogP contribution in [0.25, 0.3) is 5.69 Å². The van der Waals surface area contributed by atoms with Gasteiger partial charge >= 0.3 is 6.09 Å². The zero-order chi connectivity index (χ0) is 29.3. The van der Waals surface area contributed by atoms with Crippen LogP contribution in [0.1, 0.15) is 66.7 Å². The van der Waals surface area contributed by atoms with Gasteiger partial charge in [0.15, 0.2) is 0 Å². The second-order valence-corrected chi connectivity index (χ2v) is 12.1. The second kappa shape index (κ2) is 11.5. The Morgan fingerprint density at radius 2 is 1.61 bits per heavy atom. The van der Waals surface area contributed by atoms with Crippen molar-refractivity contribution in [1.82, 2.24) is 19.6 Å². The molecule has 3 heterocycles. The Hall–Kier alpha value is -3.88. The number of hydrogen-bond donors (Lipinski definition) is 0. The number of aromatic nitrogens is 2. The number of amides is 2. The van der Waals surface area contributed by atoms with Gasteiger partial charge in [-0.05, 0) is 82.9 Å². The van der Waals surface area contributed by atoms with E-state index in [-0.39, 0.29) is 23.7 Å². The molecule has 9 heteroatoms. The Balaban J connectivity index is 1.37. The lowest BCUT2D eigenvalue weighted by Crippen LogP contribution is -2.49. The molecular formula is C32H40FN5O3. The highest BCUT2D eigenvalue weighted by molar-refractivity contribution is 5.95. The first-order chi connectivity index (χ1) is 19.5. The number of aryl methyl sites for hydroxylation is 1. The van der Waals surface area contributed by atoms with Crippen molar-refractivity contribution in [2.24, 2.45) is 0 Å². The number of carbonyl (C=O) groups excluding carboxylic acids is 2. The van der Waals surface area contributed by atoms with Gasteiger partial charge in [0, 0.05) is 50.9 Å². The highest BCUT2D eigenvalue weighted by atomic mass is 19.1. The van der Waals surface area contributed by atoms with E-state index >= 15 is 0 Å². The van der Waals surface area contributed by atoms with Gasteiger partial charge in [0.1, 0.15) is 11.4 Å². The summed E-state index contributed by atoms with van der Waals surface area (Å²) >= 11 is 0. The monoisotopic (exact) mass is 561 g/mol. The van der Waals surface area contributed by atoms with Crippen LogP contribution in [-0.4, -0.2) is 76.5 Å². The molecule has 0 atom stereocenters. The van der Waals surface area contributed by atoms with E-state index in [0.29, 0.717) is 50.3 Å². The zero-order valence-electron chi connectivity index (χ0n) is 24.7. The van der Waals surface area contributed by atoms with Gasteiger partial charge in [0.25, 0.3) is 5.91 Å². The van der Waals surface area contributed by atoms with Gasteiger partial charge in [-0.15, -0.1) is 0 Å². The smallest absolute Gasteiger partial charge is 0.410 e. The van der Waals surface area contributed by atoms with Crippen LogP contribution in [0, 0.1) is 19.7 Å². The van der Waals surface area contributed by atoms with Gasteiger partial charge in [0.05, 0.1) is 23.1 Å². The topological polar surface area (TPSA) is 70.9 Å². The van der Waals surface area contributed by atoms with Gasteiger partial charge in [-0.25, -0.2) is 13.9 Å². The fourth-order valence-corrected chi connectivity index (χ4v) is 5.79. The van der Waals surface area contributed by atoms with Gasteiger partial charge in [-0.2, -0.15) is 5.10 Å². The van der Waals surface area contributed by atoms with E-state index in [1.54, 1.807) is 27.9 Å². The average Bonchev–Trinajstić information content (AvgIpc) is 3.39. The molecule has 0 N–H and O–H groups in total. The van der Waals surface area contributed by atoms with Crippen molar-refractivity contribution in [3.63, 3.8) is 0 Å². The molecule has 0 spiro atoms. The number of carbonyl (C=O) groups is 2. The lowest BCUT2D eigenvalue weighted by molar-refractivity contribution is 0.0203. The van der Waals surface area contributed by atoms with Gasteiger partial charge in [-0.3, -0.25) is 4.79 Å². The molecule has 8 nitrogen and oxygen atoms in total. The molecule has 3 aromatic rings. The first-order valence-corrected chi connectivity index (χ1v) is 14.4. The molecule has 41 heavy (non-hydrogen) atoms. The summed E-state index contributed by atoms with van der Waals surface area (Å²) in [6.07, 6.45) is 2.61. The third kappa shape index (κ3) is 6.24. The first kappa shape index (κ1) is 28.6. The summed E-state index contributed by atoms with van der Waals surface area (Å²) in [4.78, 5) is 32.6. The van der Waals surface area contributed by atoms with Crippen LogP contribution in [-0.2, 0) is 4.74 Å². The normalized spacial score (nSPS) is 16.7. The summed E-state index contributed by atoms with van der Waals surface area (Å²) in [7, 11) is 0. The summed E-state index contributed by atoms with van der Waals surface area (Å²) in [5.41, 5.74) is 5.08. The fraction of sp³-hybridized carbons (Fsp3) is 0.469. The average molecular weight is 562 g/mol. The number of piperidine rings is 1. The number of nitrogens with zero attached hydrogens (tertiary/aromatic N) is 5. The van der Waals surface area contributed by atoms with Crippen molar-refractivity contribution in [3.8, 4) is 5.69 Å². The Morgan fingerprint density at radius 1 is 0.927 bits per heavy atom. The molecule has 2 aliphatic rings. The fourth-order valence-electron chi connectivity index (χ4n) is 5.79. The maximum Gasteiger partial charge on any atom is 0.410 e. The van der Waals surface area contributed by atoms with Crippen molar-refractivity contribution < 1.29 is 18.7 Å². The number of likely N-dealkylation sites (tertiary alicyclic amines) is 1. The number of piperazine rings is 1. The molecule has 0 saturated carbocycles. The number of halogens is 1. The van der Waals surface area contributed by atoms with E-state index in [0.717, 1.165) is 18.8 Å². The highest BCUT2D eigenvalue weighted by Gasteiger charge is 2.34. The molecule has 0 bridgehead atoms. The third-order valence-electron chi connectivity index (χ3n) is 8.11. The number of hydrogen-bond acceptors (Lipinski definition) is 5. The summed E-state index contributed by atoms with van der Waals surface area (Å²) in [5.74, 6) is -0.438. The van der Waals surface area contributed by atoms with Crippen LogP contribution >= 0.6 is 0 Å². The highest BCUT2D eigenvalue weighted by Crippen LogP contribution is 2.34. The van der Waals surface area contributed by atoms with E-state index in [1.165, 1.54) is 28.9 Å². The van der Waals surface area contributed by atoms with E-state index in [2.05, 4.69) is 42.0 Å². The number of ether oxygens (including phenoxy) is 1. The summed E-state index contributed by atoms with van der Waals surface area (Å²) in [6, 6.07) is 12.6. The minimum Gasteiger partial charge on any atom is -0.444 e. The maximum absolute atomic E-state index is 14.2. The predicted molar refractivity (Wildman–Crippen MR) is 157 cm³/mol. The molecule has 2 fully saturated rings. The van der Waals surface area contributed by atoms with Crippen LogP contribution < -0.4 is 4.90 Å². The first-order valence-electron chi connectivity index (χ1n) is 14.4. The SMILES string of the molecule is Cc1cccc(N2CCN(C(=O)c3cnn(-c4cccc(F)c4)c3C3CCN(C(=O)OC(C)(C)C)CC3)CC2)c1C. The van der Waals surface area contributed by atoms with E-state index in [4.69, 9.17) is 4.74 Å². The lowest BCUT2D eigenvalue weighted by atomic mass is 9.90. The van der Waals surface area contributed by atoms with Crippen LogP contribution in [0.5, 0.6) is 0 Å². The molecule has 2 aromatic carbocycles. The zero-order valence-corrected chi connectivity index (χ0v) is 24.7. The molecule has 0 aliphatic carbocycles. The quantitative estimate of drug-likeness (QED) is 0.408.